The third-order valence-electron chi connectivity index (χ3n) is 7.64. The number of carbonyl (C=O) groups is 2. The Morgan fingerprint density at radius 3 is 2.79 bits per heavy atom. The number of anilines is 2. The predicted molar refractivity (Wildman–Crippen MR) is 130 cm³/mol. The number of aromatic nitrogens is 3. The van der Waals surface area contributed by atoms with Gasteiger partial charge in [0.25, 0.3) is 5.91 Å². The summed E-state index contributed by atoms with van der Waals surface area (Å²) < 4.78 is 2.14. The molecule has 0 unspecified atom stereocenters. The Morgan fingerprint density at radius 2 is 2.06 bits per heavy atom. The van der Waals surface area contributed by atoms with Crippen LogP contribution in [0.2, 0.25) is 0 Å². The number of hydrogen-bond donors (Lipinski definition) is 3. The molecule has 4 aliphatic carbocycles. The topological polar surface area (TPSA) is 101 Å². The molecule has 3 fully saturated rings. The van der Waals surface area contributed by atoms with Crippen molar-refractivity contribution in [2.75, 3.05) is 23.7 Å². The number of amides is 2. The number of fused-ring (bicyclic) bond motifs is 1. The van der Waals surface area contributed by atoms with Crippen molar-refractivity contribution < 1.29 is 11.0 Å². The zero-order chi connectivity index (χ0) is 22.6. The van der Waals surface area contributed by atoms with E-state index in [0.717, 1.165) is 61.7 Å². The van der Waals surface area contributed by atoms with Crippen LogP contribution in [0.3, 0.4) is 0 Å². The van der Waals surface area contributed by atoms with E-state index < -0.39 is 0 Å². The largest absolute Gasteiger partial charge is 0.354 e. The van der Waals surface area contributed by atoms with Crippen LogP contribution < -0.4 is 16.0 Å². The molecule has 0 radical (unpaired) electrons. The van der Waals surface area contributed by atoms with Gasteiger partial charge in [0, 0.05) is 31.4 Å². The van der Waals surface area contributed by atoms with E-state index in [1.807, 2.05) is 6.33 Å². The highest BCUT2D eigenvalue weighted by Crippen LogP contribution is 2.45. The fourth-order valence-corrected chi connectivity index (χ4v) is 5.90. The smallest absolute Gasteiger partial charge is 0.254 e. The highest BCUT2D eigenvalue weighted by Gasteiger charge is 2.38. The molecule has 0 saturated heterocycles. The van der Waals surface area contributed by atoms with Crippen LogP contribution in [0, 0.1) is 17.3 Å². The van der Waals surface area contributed by atoms with E-state index in [1.165, 1.54) is 30.6 Å². The standard InChI is InChI=1S/C24H32N6O2S.H2/c1-24(8-9-24)12-26-23-29-27-13-30(23)16-6-7-18-17(10-16)19(21(32)25-11-14-2-3-14)22(33-18)28-20(31)15-4-5-15;/h13-16H,2-12H2,1H3,(H,25,32)(H,26,29)(H,28,31);1H/t16-;/m0./s1. The fraction of sp³-hybridized carbons (Fsp3) is 0.667. The second kappa shape index (κ2) is 8.11. The van der Waals surface area contributed by atoms with Crippen LogP contribution >= 0.6 is 11.3 Å². The minimum Gasteiger partial charge on any atom is -0.354 e. The molecule has 2 aromatic rings. The Labute approximate surface area is 199 Å². The van der Waals surface area contributed by atoms with E-state index >= 15 is 0 Å². The molecular formula is C24H34N6O2S. The van der Waals surface area contributed by atoms with Crippen molar-refractivity contribution in [2.24, 2.45) is 17.3 Å². The van der Waals surface area contributed by atoms with Crippen molar-refractivity contribution in [3.8, 4) is 0 Å². The van der Waals surface area contributed by atoms with Crippen LogP contribution in [-0.2, 0) is 17.6 Å². The van der Waals surface area contributed by atoms with Crippen LogP contribution in [0.5, 0.6) is 0 Å². The zero-order valence-electron chi connectivity index (χ0n) is 19.2. The van der Waals surface area contributed by atoms with E-state index in [-0.39, 0.29) is 25.2 Å². The summed E-state index contributed by atoms with van der Waals surface area (Å²) in [6.45, 7) is 3.93. The number of aryl methyl sites for hydroxylation is 1. The molecule has 2 heterocycles. The van der Waals surface area contributed by atoms with Crippen LogP contribution in [0.1, 0.15) is 80.1 Å². The molecule has 3 saturated carbocycles. The van der Waals surface area contributed by atoms with Gasteiger partial charge in [0.2, 0.25) is 11.9 Å². The molecule has 33 heavy (non-hydrogen) atoms. The van der Waals surface area contributed by atoms with Crippen molar-refractivity contribution in [1.29, 1.82) is 0 Å². The Bertz CT molecular complexity index is 1090. The Balaban J connectivity index is 0.00000241. The molecule has 4 aliphatic rings. The minimum absolute atomic E-state index is 0. The van der Waals surface area contributed by atoms with Gasteiger partial charge in [0.05, 0.1) is 5.56 Å². The number of rotatable bonds is 9. The van der Waals surface area contributed by atoms with Gasteiger partial charge in [-0.1, -0.05) is 6.92 Å². The highest BCUT2D eigenvalue weighted by atomic mass is 32.1. The molecule has 0 aliphatic heterocycles. The fourth-order valence-electron chi connectivity index (χ4n) is 4.66. The Kier molecular flexibility index (Phi) is 5.19. The molecular weight excluding hydrogens is 436 g/mol. The summed E-state index contributed by atoms with van der Waals surface area (Å²) in [4.78, 5) is 27.0. The van der Waals surface area contributed by atoms with Crippen LogP contribution in [0.15, 0.2) is 6.33 Å². The zero-order valence-corrected chi connectivity index (χ0v) is 20.0. The molecule has 6 rings (SSSR count). The summed E-state index contributed by atoms with van der Waals surface area (Å²) in [6.07, 6.45) is 11.2. The van der Waals surface area contributed by atoms with Crippen LogP contribution in [0.4, 0.5) is 10.9 Å². The molecule has 3 N–H and O–H groups in total. The van der Waals surface area contributed by atoms with Crippen molar-refractivity contribution in [1.82, 2.24) is 20.1 Å². The first kappa shape index (κ1) is 21.1. The number of carbonyl (C=O) groups excluding carboxylic acids is 2. The third-order valence-corrected chi connectivity index (χ3v) is 8.85. The quantitative estimate of drug-likeness (QED) is 0.514. The van der Waals surface area contributed by atoms with E-state index in [1.54, 1.807) is 11.3 Å². The lowest BCUT2D eigenvalue weighted by Gasteiger charge is -2.25. The monoisotopic (exact) mass is 470 g/mol. The van der Waals surface area contributed by atoms with Crippen molar-refractivity contribution in [3.63, 3.8) is 0 Å². The first-order valence-corrected chi connectivity index (χ1v) is 13.2. The van der Waals surface area contributed by atoms with Crippen LogP contribution in [0.25, 0.3) is 0 Å². The second-order valence-electron chi connectivity index (χ2n) is 10.7. The van der Waals surface area contributed by atoms with Gasteiger partial charge in [-0.25, -0.2) is 0 Å². The van der Waals surface area contributed by atoms with Gasteiger partial charge in [-0.2, -0.15) is 0 Å². The first-order chi connectivity index (χ1) is 16.0. The summed E-state index contributed by atoms with van der Waals surface area (Å²) in [7, 11) is 0. The summed E-state index contributed by atoms with van der Waals surface area (Å²) in [6, 6.07) is 0.193. The number of nitrogens with zero attached hydrogens (tertiary/aromatic N) is 3. The lowest BCUT2D eigenvalue weighted by Crippen LogP contribution is -2.29. The molecule has 9 heteroatoms. The maximum Gasteiger partial charge on any atom is 0.254 e. The molecule has 0 aromatic carbocycles. The average Bonchev–Trinajstić information content (AvgIpc) is 3.72. The predicted octanol–water partition coefficient (Wildman–Crippen LogP) is 4.02. The molecule has 2 amide bonds. The molecule has 2 aromatic heterocycles. The van der Waals surface area contributed by atoms with Crippen molar-refractivity contribution >= 4 is 34.1 Å². The normalized spacial score (nSPS) is 23.0. The Hall–Kier alpha value is -2.42. The summed E-state index contributed by atoms with van der Waals surface area (Å²) >= 11 is 1.59. The molecule has 178 valence electrons. The van der Waals surface area contributed by atoms with E-state index in [4.69, 9.17) is 0 Å². The molecule has 0 spiro atoms. The Morgan fingerprint density at radius 1 is 1.24 bits per heavy atom. The lowest BCUT2D eigenvalue weighted by molar-refractivity contribution is -0.117. The van der Waals surface area contributed by atoms with Crippen LogP contribution in [-0.4, -0.2) is 39.7 Å². The van der Waals surface area contributed by atoms with E-state index in [9.17, 15) is 9.59 Å². The molecule has 1 atom stereocenters. The number of thiophene rings is 1. The van der Waals surface area contributed by atoms with Gasteiger partial charge in [0.15, 0.2) is 0 Å². The number of nitrogens with one attached hydrogen (secondary N) is 3. The van der Waals surface area contributed by atoms with Gasteiger partial charge in [-0.05, 0) is 74.7 Å². The average molecular weight is 471 g/mol. The SMILES string of the molecule is CC1(CNc2nncn2[C@H]2CCc3sc(NC(=O)C4CC4)c(C(=O)NCC4CC4)c3C2)CC1.[HH]. The van der Waals surface area contributed by atoms with Gasteiger partial charge >= 0.3 is 0 Å². The minimum atomic E-state index is -0.0464. The van der Waals surface area contributed by atoms with Crippen molar-refractivity contribution in [3.05, 3.63) is 22.3 Å². The summed E-state index contributed by atoms with van der Waals surface area (Å²) in [5.41, 5.74) is 2.15. The highest BCUT2D eigenvalue weighted by molar-refractivity contribution is 7.17. The summed E-state index contributed by atoms with van der Waals surface area (Å²) in [5, 5.41) is 19.0. The van der Waals surface area contributed by atoms with Gasteiger partial charge in [-0.15, -0.1) is 21.5 Å². The first-order valence-electron chi connectivity index (χ1n) is 12.4. The van der Waals surface area contributed by atoms with Gasteiger partial charge in [-0.3, -0.25) is 14.2 Å². The van der Waals surface area contributed by atoms with Gasteiger partial charge in [0.1, 0.15) is 11.3 Å². The third kappa shape index (κ3) is 4.52. The lowest BCUT2D eigenvalue weighted by atomic mass is 9.91. The molecule has 8 nitrogen and oxygen atoms in total. The molecule has 0 bridgehead atoms. The van der Waals surface area contributed by atoms with E-state index in [2.05, 4.69) is 37.6 Å². The van der Waals surface area contributed by atoms with Crippen molar-refractivity contribution in [2.45, 2.75) is 70.8 Å². The maximum absolute atomic E-state index is 13.3. The van der Waals surface area contributed by atoms with E-state index in [0.29, 0.717) is 16.9 Å². The second-order valence-corrected chi connectivity index (χ2v) is 11.9. The summed E-state index contributed by atoms with van der Waals surface area (Å²) in [5.74, 6) is 1.54. The number of hydrogen-bond acceptors (Lipinski definition) is 6. The maximum atomic E-state index is 13.3. The van der Waals surface area contributed by atoms with Gasteiger partial charge < -0.3 is 16.0 Å².